The quantitative estimate of drug-likeness (QED) is 0.174. The van der Waals surface area contributed by atoms with Gasteiger partial charge in [0.25, 0.3) is 0 Å². The Balaban J connectivity index is 2.07. The number of hydrogen-bond donors (Lipinski definition) is 2. The zero-order valence-corrected chi connectivity index (χ0v) is 24.5. The van der Waals surface area contributed by atoms with Gasteiger partial charge in [-0.05, 0) is 93.8 Å². The second-order valence-electron chi connectivity index (χ2n) is 13.5. The van der Waals surface area contributed by atoms with Crippen molar-refractivity contribution in [1.82, 2.24) is 0 Å². The highest BCUT2D eigenvalue weighted by Gasteiger charge is 2.54. The first-order valence-corrected chi connectivity index (χ1v) is 14.4. The molecule has 2 aliphatic rings. The Labute approximate surface area is 217 Å². The van der Waals surface area contributed by atoms with Gasteiger partial charge in [-0.15, -0.1) is 0 Å². The minimum absolute atomic E-state index is 0.135. The Kier molecular flexibility index (Phi) is 11.3. The first-order chi connectivity index (χ1) is 16.3. The van der Waals surface area contributed by atoms with E-state index in [0.717, 1.165) is 38.0 Å². The molecule has 0 bridgehead atoms. The van der Waals surface area contributed by atoms with Crippen LogP contribution in [0.5, 0.6) is 0 Å². The van der Waals surface area contributed by atoms with Gasteiger partial charge in [-0.2, -0.15) is 0 Å². The van der Waals surface area contributed by atoms with Crippen molar-refractivity contribution in [2.24, 2.45) is 40.4 Å². The highest BCUT2D eigenvalue weighted by molar-refractivity contribution is 5.20. The van der Waals surface area contributed by atoms with Gasteiger partial charge in [-0.25, -0.2) is 0 Å². The minimum Gasteiger partial charge on any atom is -0.396 e. The summed E-state index contributed by atoms with van der Waals surface area (Å²) >= 11 is 0. The molecule has 0 amide bonds. The second kappa shape index (κ2) is 12.9. The largest absolute Gasteiger partial charge is 0.396 e. The number of aliphatic hydroxyl groups excluding tert-OH is 2. The fourth-order valence-corrected chi connectivity index (χ4v) is 7.43. The number of ether oxygens (including phenoxy) is 2. The average molecular weight is 495 g/mol. The Morgan fingerprint density at radius 3 is 2.43 bits per heavy atom. The molecule has 0 aromatic rings. The van der Waals surface area contributed by atoms with E-state index in [1.165, 1.54) is 25.7 Å². The maximum atomic E-state index is 10.4. The van der Waals surface area contributed by atoms with E-state index in [4.69, 9.17) is 9.47 Å². The third-order valence-corrected chi connectivity index (χ3v) is 9.84. The number of allylic oxidation sites excluding steroid dienone is 1. The van der Waals surface area contributed by atoms with Gasteiger partial charge in [-0.1, -0.05) is 65.5 Å². The maximum absolute atomic E-state index is 10.4. The molecule has 206 valence electrons. The van der Waals surface area contributed by atoms with Gasteiger partial charge in [-0.3, -0.25) is 0 Å². The van der Waals surface area contributed by atoms with Gasteiger partial charge >= 0.3 is 0 Å². The van der Waals surface area contributed by atoms with E-state index in [0.29, 0.717) is 24.5 Å². The smallest absolute Gasteiger partial charge is 0.147 e. The lowest BCUT2D eigenvalue weighted by Gasteiger charge is -2.39. The molecule has 0 radical (unpaired) electrons. The molecule has 0 unspecified atom stereocenters. The third kappa shape index (κ3) is 8.03. The summed E-state index contributed by atoms with van der Waals surface area (Å²) in [7, 11) is 1.68. The minimum atomic E-state index is -0.256. The molecule has 2 fully saturated rings. The highest BCUT2D eigenvalue weighted by Crippen LogP contribution is 2.61. The first kappa shape index (κ1) is 30.8. The number of aliphatic hydroxyl groups is 2. The molecule has 7 atom stereocenters. The van der Waals surface area contributed by atoms with Crippen molar-refractivity contribution in [3.05, 3.63) is 11.6 Å². The number of rotatable bonds is 16. The Bertz CT molecular complexity index is 667. The van der Waals surface area contributed by atoms with Gasteiger partial charge in [0, 0.05) is 19.6 Å². The van der Waals surface area contributed by atoms with E-state index in [-0.39, 0.29) is 35.1 Å². The predicted octanol–water partition coefficient (Wildman–Crippen LogP) is 7.38. The Hall–Kier alpha value is -0.420. The SMILES string of the molecule is CCC/C(=C\[C@@H](CO)[C@]1(C)C[C@H]1C[C@@H](C)O)[C@@H]1CC[C@H]([C@H](C)CCCC(C)(C)OCOC)C1(C)C. The van der Waals surface area contributed by atoms with Crippen LogP contribution >= 0.6 is 0 Å². The van der Waals surface area contributed by atoms with Crippen LogP contribution in [0.1, 0.15) is 113 Å². The predicted molar refractivity (Wildman–Crippen MR) is 146 cm³/mol. The molecule has 0 saturated heterocycles. The lowest BCUT2D eigenvalue weighted by atomic mass is 9.66. The van der Waals surface area contributed by atoms with Crippen LogP contribution in [0.2, 0.25) is 0 Å². The van der Waals surface area contributed by atoms with Crippen molar-refractivity contribution < 1.29 is 19.7 Å². The molecule has 4 nitrogen and oxygen atoms in total. The van der Waals surface area contributed by atoms with E-state index in [2.05, 4.69) is 54.5 Å². The molecule has 0 spiro atoms. The molecular weight excluding hydrogens is 436 g/mol. The molecule has 2 rings (SSSR count). The van der Waals surface area contributed by atoms with Crippen LogP contribution in [0.15, 0.2) is 11.6 Å². The van der Waals surface area contributed by atoms with E-state index in [1.54, 1.807) is 12.7 Å². The van der Waals surface area contributed by atoms with Crippen LogP contribution in [0.25, 0.3) is 0 Å². The zero-order valence-electron chi connectivity index (χ0n) is 24.5. The van der Waals surface area contributed by atoms with E-state index in [9.17, 15) is 10.2 Å². The topological polar surface area (TPSA) is 58.9 Å². The van der Waals surface area contributed by atoms with Crippen LogP contribution in [0, 0.1) is 40.4 Å². The monoisotopic (exact) mass is 494 g/mol. The van der Waals surface area contributed by atoms with Gasteiger partial charge < -0.3 is 19.7 Å². The van der Waals surface area contributed by atoms with Crippen molar-refractivity contribution >= 4 is 0 Å². The summed E-state index contributed by atoms with van der Waals surface area (Å²) in [6, 6.07) is 0. The van der Waals surface area contributed by atoms with E-state index < -0.39 is 0 Å². The van der Waals surface area contributed by atoms with E-state index in [1.807, 2.05) is 6.92 Å². The summed E-state index contributed by atoms with van der Waals surface area (Å²) in [6.45, 7) is 18.9. The van der Waals surface area contributed by atoms with Crippen molar-refractivity contribution in [2.75, 3.05) is 20.5 Å². The van der Waals surface area contributed by atoms with E-state index >= 15 is 0 Å². The van der Waals surface area contributed by atoms with Gasteiger partial charge in [0.05, 0.1) is 11.7 Å². The first-order valence-electron chi connectivity index (χ1n) is 14.4. The number of hydrogen-bond acceptors (Lipinski definition) is 4. The van der Waals surface area contributed by atoms with Gasteiger partial charge in [0.1, 0.15) is 6.79 Å². The normalized spacial score (nSPS) is 31.4. The van der Waals surface area contributed by atoms with Gasteiger partial charge in [0.15, 0.2) is 0 Å². The molecular formula is C31H58O4. The molecule has 2 aliphatic carbocycles. The lowest BCUT2D eigenvalue weighted by molar-refractivity contribution is -0.118. The maximum Gasteiger partial charge on any atom is 0.147 e. The molecule has 0 aromatic carbocycles. The Morgan fingerprint density at radius 2 is 1.86 bits per heavy atom. The summed E-state index contributed by atoms with van der Waals surface area (Å²) < 4.78 is 10.9. The lowest BCUT2D eigenvalue weighted by Crippen LogP contribution is -2.31. The molecule has 2 N–H and O–H groups in total. The van der Waals surface area contributed by atoms with Crippen molar-refractivity contribution in [1.29, 1.82) is 0 Å². The molecule has 0 aliphatic heterocycles. The van der Waals surface area contributed by atoms with Crippen LogP contribution in [0.4, 0.5) is 0 Å². The summed E-state index contributed by atoms with van der Waals surface area (Å²) in [5.41, 5.74) is 1.86. The fraction of sp³-hybridized carbons (Fsp3) is 0.935. The zero-order chi connectivity index (χ0) is 26.4. The highest BCUT2D eigenvalue weighted by atomic mass is 16.7. The van der Waals surface area contributed by atoms with Crippen molar-refractivity contribution in [3.8, 4) is 0 Å². The molecule has 0 heterocycles. The summed E-state index contributed by atoms with van der Waals surface area (Å²) in [5.74, 6) is 2.75. The van der Waals surface area contributed by atoms with Crippen LogP contribution in [0.3, 0.4) is 0 Å². The van der Waals surface area contributed by atoms with Crippen LogP contribution in [-0.2, 0) is 9.47 Å². The standard InChI is InChI=1S/C31H58O4/c1-10-12-24(18-26(20-32)31(8)19-25(31)17-23(3)33)28-15-14-27(30(28,6)7)22(2)13-11-16-29(4,5)35-21-34-9/h18,22-23,25-28,32-33H,10-17,19-21H2,1-9H3/b24-18+/t22-,23-,25-,26+,27-,28+,31-/m1/s1. The van der Waals surface area contributed by atoms with Crippen molar-refractivity contribution in [3.63, 3.8) is 0 Å². The van der Waals surface area contributed by atoms with Gasteiger partial charge in [0.2, 0.25) is 0 Å². The molecule has 35 heavy (non-hydrogen) atoms. The fourth-order valence-electron chi connectivity index (χ4n) is 7.43. The Morgan fingerprint density at radius 1 is 1.17 bits per heavy atom. The molecule has 2 saturated carbocycles. The molecule has 4 heteroatoms. The van der Waals surface area contributed by atoms with Crippen LogP contribution < -0.4 is 0 Å². The number of methoxy groups -OCH3 is 1. The second-order valence-corrected chi connectivity index (χ2v) is 13.5. The van der Waals surface area contributed by atoms with Crippen LogP contribution in [-0.4, -0.2) is 42.4 Å². The van der Waals surface area contributed by atoms with Crippen molar-refractivity contribution in [2.45, 2.75) is 125 Å². The summed E-state index contributed by atoms with van der Waals surface area (Å²) in [6.07, 6.45) is 12.5. The third-order valence-electron chi connectivity index (χ3n) is 9.84. The summed E-state index contributed by atoms with van der Waals surface area (Å²) in [4.78, 5) is 0. The molecule has 0 aromatic heterocycles. The summed E-state index contributed by atoms with van der Waals surface area (Å²) in [5, 5.41) is 20.3. The average Bonchev–Trinajstić information content (AvgIpc) is 3.28.